The Kier molecular flexibility index (Phi) is 6.16. The maximum absolute atomic E-state index is 12.1. The van der Waals surface area contributed by atoms with Crippen molar-refractivity contribution in [3.63, 3.8) is 0 Å². The Morgan fingerprint density at radius 2 is 2.00 bits per heavy atom. The summed E-state index contributed by atoms with van der Waals surface area (Å²) in [4.78, 5) is 38.4. The number of likely N-dealkylation sites (tertiary alicyclic amines) is 1. The van der Waals surface area contributed by atoms with E-state index in [0.29, 0.717) is 18.1 Å². The molecule has 124 valence electrons. The van der Waals surface area contributed by atoms with Gasteiger partial charge in [0.1, 0.15) is 6.29 Å². The molecule has 2 rings (SSSR count). The van der Waals surface area contributed by atoms with Gasteiger partial charge in [0.15, 0.2) is 0 Å². The number of rotatable bonds is 6. The van der Waals surface area contributed by atoms with Gasteiger partial charge >= 0.3 is 0 Å². The monoisotopic (exact) mass is 336 g/mol. The van der Waals surface area contributed by atoms with Crippen molar-refractivity contribution in [2.24, 2.45) is 0 Å². The number of benzene rings is 1. The topological polar surface area (TPSA) is 57.7 Å². The predicted octanol–water partition coefficient (Wildman–Crippen LogP) is 2.27. The molecule has 23 heavy (non-hydrogen) atoms. The third-order valence-electron chi connectivity index (χ3n) is 4.09. The molecule has 1 aliphatic heterocycles. The Morgan fingerprint density at radius 3 is 2.65 bits per heavy atom. The van der Waals surface area contributed by atoms with Gasteiger partial charge in [-0.3, -0.25) is 9.59 Å². The summed E-state index contributed by atoms with van der Waals surface area (Å²) in [5.74, 6) is -0.206. The average molecular weight is 337 g/mol. The molecule has 0 spiro atoms. The number of halogens is 1. The van der Waals surface area contributed by atoms with E-state index in [2.05, 4.69) is 0 Å². The molecule has 1 atom stereocenters. The third kappa shape index (κ3) is 4.79. The van der Waals surface area contributed by atoms with Crippen LogP contribution in [0.4, 0.5) is 0 Å². The van der Waals surface area contributed by atoms with Crippen molar-refractivity contribution >= 4 is 29.7 Å². The molecule has 1 heterocycles. The van der Waals surface area contributed by atoms with Gasteiger partial charge in [-0.1, -0.05) is 23.7 Å². The summed E-state index contributed by atoms with van der Waals surface area (Å²) in [5.41, 5.74) is 0.983. The lowest BCUT2D eigenvalue weighted by atomic mass is 10.2. The second-order valence-corrected chi connectivity index (χ2v) is 6.25. The lowest BCUT2D eigenvalue weighted by Crippen LogP contribution is -2.37. The fourth-order valence-corrected chi connectivity index (χ4v) is 2.87. The molecule has 1 aliphatic rings. The average Bonchev–Trinajstić information content (AvgIpc) is 3.03. The number of carbonyl (C=O) groups excluding carboxylic acids is 3. The molecule has 2 amide bonds. The van der Waals surface area contributed by atoms with Gasteiger partial charge in [-0.05, 0) is 30.5 Å². The molecule has 1 aromatic carbocycles. The molecular formula is C17H21ClN2O3. The SMILES string of the molecule is CN(Cc1ccc(Cl)cc1)C(=O)CCC(=O)N1CCC[C@H]1C=O. The summed E-state index contributed by atoms with van der Waals surface area (Å²) in [5, 5.41) is 0.656. The van der Waals surface area contributed by atoms with Gasteiger partial charge in [-0.25, -0.2) is 0 Å². The second-order valence-electron chi connectivity index (χ2n) is 5.81. The van der Waals surface area contributed by atoms with Crippen molar-refractivity contribution in [3.8, 4) is 0 Å². The molecule has 0 aromatic heterocycles. The summed E-state index contributed by atoms with van der Waals surface area (Å²) in [6.45, 7) is 1.09. The van der Waals surface area contributed by atoms with Gasteiger partial charge in [0, 0.05) is 38.0 Å². The summed E-state index contributed by atoms with van der Waals surface area (Å²) in [7, 11) is 1.71. The normalized spacial score (nSPS) is 17.1. The molecule has 0 unspecified atom stereocenters. The van der Waals surface area contributed by atoms with Gasteiger partial charge < -0.3 is 14.6 Å². The van der Waals surface area contributed by atoms with Crippen LogP contribution in [0.3, 0.4) is 0 Å². The van der Waals surface area contributed by atoms with Crippen molar-refractivity contribution in [2.45, 2.75) is 38.3 Å². The third-order valence-corrected chi connectivity index (χ3v) is 4.34. The van der Waals surface area contributed by atoms with Gasteiger partial charge in [0.2, 0.25) is 11.8 Å². The number of nitrogens with zero attached hydrogens (tertiary/aromatic N) is 2. The molecule has 1 fully saturated rings. The van der Waals surface area contributed by atoms with Crippen molar-refractivity contribution in [1.29, 1.82) is 0 Å². The number of amides is 2. The summed E-state index contributed by atoms with van der Waals surface area (Å²) in [6, 6.07) is 6.99. The maximum atomic E-state index is 12.1. The Labute approximate surface area is 141 Å². The molecule has 0 N–H and O–H groups in total. The van der Waals surface area contributed by atoms with E-state index in [9.17, 15) is 14.4 Å². The van der Waals surface area contributed by atoms with Gasteiger partial charge in [-0.2, -0.15) is 0 Å². The molecule has 5 nitrogen and oxygen atoms in total. The van der Waals surface area contributed by atoms with Crippen LogP contribution < -0.4 is 0 Å². The van der Waals surface area contributed by atoms with Crippen LogP contribution in [0.5, 0.6) is 0 Å². The van der Waals surface area contributed by atoms with Gasteiger partial charge in [0.25, 0.3) is 0 Å². The zero-order chi connectivity index (χ0) is 16.8. The zero-order valence-corrected chi connectivity index (χ0v) is 14.0. The Hall–Kier alpha value is -1.88. The first-order chi connectivity index (χ1) is 11.0. The molecule has 1 saturated heterocycles. The Balaban J connectivity index is 1.80. The van der Waals surface area contributed by atoms with E-state index in [4.69, 9.17) is 11.6 Å². The van der Waals surface area contributed by atoms with Crippen molar-refractivity contribution in [2.75, 3.05) is 13.6 Å². The summed E-state index contributed by atoms with van der Waals surface area (Å²) < 4.78 is 0. The molecule has 6 heteroatoms. The summed E-state index contributed by atoms with van der Waals surface area (Å²) in [6.07, 6.45) is 2.69. The first-order valence-electron chi connectivity index (χ1n) is 7.74. The fourth-order valence-electron chi connectivity index (χ4n) is 2.74. The van der Waals surface area contributed by atoms with E-state index in [-0.39, 0.29) is 30.7 Å². The van der Waals surface area contributed by atoms with Gasteiger partial charge in [-0.15, -0.1) is 0 Å². The highest BCUT2D eigenvalue weighted by Crippen LogP contribution is 2.17. The minimum absolute atomic E-state index is 0.0878. The second kappa shape index (κ2) is 8.11. The van der Waals surface area contributed by atoms with Crippen LogP contribution in [0, 0.1) is 0 Å². The van der Waals surface area contributed by atoms with Crippen LogP contribution in [0.2, 0.25) is 5.02 Å². The smallest absolute Gasteiger partial charge is 0.223 e. The minimum Gasteiger partial charge on any atom is -0.341 e. The number of hydrogen-bond acceptors (Lipinski definition) is 3. The van der Waals surface area contributed by atoms with E-state index in [0.717, 1.165) is 24.7 Å². The van der Waals surface area contributed by atoms with Crippen LogP contribution in [-0.2, 0) is 20.9 Å². The van der Waals surface area contributed by atoms with E-state index in [1.807, 2.05) is 12.1 Å². The van der Waals surface area contributed by atoms with Crippen LogP contribution in [0.25, 0.3) is 0 Å². The van der Waals surface area contributed by atoms with E-state index in [1.54, 1.807) is 29.0 Å². The highest BCUT2D eigenvalue weighted by Gasteiger charge is 2.28. The van der Waals surface area contributed by atoms with Crippen LogP contribution in [0.15, 0.2) is 24.3 Å². The first-order valence-corrected chi connectivity index (χ1v) is 8.12. The zero-order valence-electron chi connectivity index (χ0n) is 13.2. The molecule has 0 aliphatic carbocycles. The standard InChI is InChI=1S/C17H21ClN2O3/c1-19(11-13-4-6-14(18)7-5-13)16(22)8-9-17(23)20-10-2-3-15(20)12-21/h4-7,12,15H,2-3,8-11H2,1H3/t15-/m0/s1. The van der Waals surface area contributed by atoms with Crippen molar-refractivity contribution < 1.29 is 14.4 Å². The lowest BCUT2D eigenvalue weighted by molar-refractivity contribution is -0.138. The number of carbonyl (C=O) groups is 3. The minimum atomic E-state index is -0.315. The Bertz CT molecular complexity index is 574. The highest BCUT2D eigenvalue weighted by molar-refractivity contribution is 6.30. The summed E-state index contributed by atoms with van der Waals surface area (Å²) >= 11 is 5.83. The lowest BCUT2D eigenvalue weighted by Gasteiger charge is -2.21. The van der Waals surface area contributed by atoms with Crippen molar-refractivity contribution in [3.05, 3.63) is 34.9 Å². The van der Waals surface area contributed by atoms with Crippen LogP contribution in [-0.4, -0.2) is 47.5 Å². The van der Waals surface area contributed by atoms with Gasteiger partial charge in [0.05, 0.1) is 6.04 Å². The van der Waals surface area contributed by atoms with E-state index >= 15 is 0 Å². The molecule has 0 bridgehead atoms. The Morgan fingerprint density at radius 1 is 1.30 bits per heavy atom. The van der Waals surface area contributed by atoms with E-state index in [1.165, 1.54) is 0 Å². The largest absolute Gasteiger partial charge is 0.341 e. The first kappa shape index (κ1) is 17.5. The van der Waals surface area contributed by atoms with Crippen LogP contribution in [0.1, 0.15) is 31.2 Å². The van der Waals surface area contributed by atoms with E-state index < -0.39 is 0 Å². The molecule has 0 radical (unpaired) electrons. The molecular weight excluding hydrogens is 316 g/mol. The predicted molar refractivity (Wildman–Crippen MR) is 88.0 cm³/mol. The quantitative estimate of drug-likeness (QED) is 0.749. The fraction of sp³-hybridized carbons (Fsp3) is 0.471. The molecule has 0 saturated carbocycles. The van der Waals surface area contributed by atoms with Crippen molar-refractivity contribution in [1.82, 2.24) is 9.80 Å². The maximum Gasteiger partial charge on any atom is 0.223 e. The highest BCUT2D eigenvalue weighted by atomic mass is 35.5. The van der Waals surface area contributed by atoms with Crippen LogP contribution >= 0.6 is 11.6 Å². The number of hydrogen-bond donors (Lipinski definition) is 0. The molecule has 1 aromatic rings. The number of aldehydes is 1.